The fourth-order valence-corrected chi connectivity index (χ4v) is 3.16. The van der Waals surface area contributed by atoms with Crippen molar-refractivity contribution in [3.05, 3.63) is 65.1 Å². The minimum atomic E-state index is -5.08. The van der Waals surface area contributed by atoms with Crippen molar-refractivity contribution in [2.45, 2.75) is 44.8 Å². The fraction of sp³-hybridized carbons (Fsp3) is 0.348. The first-order valence-corrected chi connectivity index (χ1v) is 10.9. The lowest BCUT2D eigenvalue weighted by molar-refractivity contribution is -0.192. The summed E-state index contributed by atoms with van der Waals surface area (Å²) in [6.45, 7) is 0.432. The molecule has 0 fully saturated rings. The van der Waals surface area contributed by atoms with Gasteiger partial charge in [-0.05, 0) is 37.6 Å². The Morgan fingerprint density at radius 2 is 1.67 bits per heavy atom. The highest BCUT2D eigenvalue weighted by Gasteiger charge is 2.38. The van der Waals surface area contributed by atoms with Gasteiger partial charge in [0.05, 0.1) is 23.9 Å². The van der Waals surface area contributed by atoms with E-state index in [2.05, 4.69) is 10.3 Å². The van der Waals surface area contributed by atoms with Gasteiger partial charge in [0, 0.05) is 12.6 Å². The van der Waals surface area contributed by atoms with Crippen molar-refractivity contribution >= 4 is 17.5 Å². The standard InChI is InChI=1S/C21H20F5N3O3.C2HF3O2/c1-12-18(20(31)28-13(10-30)7-8-21(24,25)26)29-9-3-6-17(19(29)27-12)32-11-14-15(22)4-2-5-16(14)23;3-2(4,5)1(6)7/h2-6,9,13,30H,7-8,10-11H2,1H3,(H,28,31);(H,6,7). The van der Waals surface area contributed by atoms with Gasteiger partial charge in [0.15, 0.2) is 11.4 Å². The third-order valence-electron chi connectivity index (χ3n) is 5.01. The number of fused-ring (bicyclic) bond motifs is 1. The second-order valence-electron chi connectivity index (χ2n) is 7.91. The van der Waals surface area contributed by atoms with Crippen LogP contribution in [-0.2, 0) is 11.4 Å². The molecule has 0 aliphatic heterocycles. The van der Waals surface area contributed by atoms with Crippen LogP contribution in [-0.4, -0.2) is 56.5 Å². The molecule has 1 atom stereocenters. The summed E-state index contributed by atoms with van der Waals surface area (Å²) in [6.07, 6.45) is -9.65. The molecule has 3 aromatic rings. The minimum absolute atomic E-state index is 0.0352. The molecule has 1 aromatic carbocycles. The monoisotopic (exact) mass is 571 g/mol. The van der Waals surface area contributed by atoms with Crippen molar-refractivity contribution in [1.29, 1.82) is 0 Å². The predicted octanol–water partition coefficient (Wildman–Crippen LogP) is 4.57. The van der Waals surface area contributed by atoms with Crippen molar-refractivity contribution in [1.82, 2.24) is 14.7 Å². The summed E-state index contributed by atoms with van der Waals surface area (Å²) in [7, 11) is 0. The van der Waals surface area contributed by atoms with Crippen LogP contribution in [0.2, 0.25) is 0 Å². The predicted molar refractivity (Wildman–Crippen MR) is 118 cm³/mol. The van der Waals surface area contributed by atoms with E-state index in [1.807, 2.05) is 0 Å². The molecule has 3 rings (SSSR count). The Balaban J connectivity index is 0.000000673. The number of pyridine rings is 1. The molecule has 1 amide bonds. The van der Waals surface area contributed by atoms with Gasteiger partial charge in [-0.2, -0.15) is 26.3 Å². The fourth-order valence-electron chi connectivity index (χ4n) is 3.16. The second kappa shape index (κ2) is 12.7. The molecule has 3 N–H and O–H groups in total. The largest absolute Gasteiger partial charge is 0.490 e. The molecule has 16 heteroatoms. The van der Waals surface area contributed by atoms with E-state index in [0.717, 1.165) is 12.1 Å². The summed E-state index contributed by atoms with van der Waals surface area (Å²) in [5.41, 5.74) is 0.199. The van der Waals surface area contributed by atoms with Crippen LogP contribution in [0.15, 0.2) is 36.5 Å². The van der Waals surface area contributed by atoms with Gasteiger partial charge >= 0.3 is 18.3 Å². The number of amides is 1. The molecule has 214 valence electrons. The van der Waals surface area contributed by atoms with Gasteiger partial charge in [-0.1, -0.05) is 6.07 Å². The Morgan fingerprint density at radius 3 is 2.18 bits per heavy atom. The van der Waals surface area contributed by atoms with Crippen molar-refractivity contribution in [3.63, 3.8) is 0 Å². The summed E-state index contributed by atoms with van der Waals surface area (Å²) < 4.78 is 104. The topological polar surface area (TPSA) is 113 Å². The maximum atomic E-state index is 13.8. The number of carbonyl (C=O) groups is 2. The number of nitrogens with one attached hydrogen (secondary N) is 1. The molecule has 2 heterocycles. The van der Waals surface area contributed by atoms with Crippen molar-refractivity contribution in [3.8, 4) is 5.75 Å². The Labute approximate surface area is 214 Å². The first kappa shape index (κ1) is 31.3. The van der Waals surface area contributed by atoms with Crippen molar-refractivity contribution in [2.24, 2.45) is 0 Å². The third kappa shape index (κ3) is 8.80. The van der Waals surface area contributed by atoms with Gasteiger partial charge in [-0.3, -0.25) is 9.20 Å². The van der Waals surface area contributed by atoms with E-state index in [0.29, 0.717) is 0 Å². The number of carboxylic acids is 1. The lowest BCUT2D eigenvalue weighted by atomic mass is 10.1. The summed E-state index contributed by atoms with van der Waals surface area (Å²) in [5.74, 6) is -4.88. The average molecular weight is 571 g/mol. The van der Waals surface area contributed by atoms with Crippen LogP contribution < -0.4 is 10.1 Å². The molecule has 0 radical (unpaired) electrons. The Kier molecular flexibility index (Phi) is 10.2. The molecule has 0 aliphatic carbocycles. The number of benzene rings is 1. The smallest absolute Gasteiger partial charge is 0.485 e. The van der Waals surface area contributed by atoms with Crippen LogP contribution in [0.1, 0.15) is 34.6 Å². The minimum Gasteiger partial charge on any atom is -0.485 e. The number of halogens is 8. The SMILES string of the molecule is Cc1nc2c(OCc3c(F)cccc3F)cccn2c1C(=O)NC(CO)CCC(F)(F)F.O=C(O)C(F)(F)F. The van der Waals surface area contributed by atoms with Crippen molar-refractivity contribution < 1.29 is 59.7 Å². The van der Waals surface area contributed by atoms with Gasteiger partial charge in [-0.25, -0.2) is 18.6 Å². The molecular weight excluding hydrogens is 550 g/mol. The van der Waals surface area contributed by atoms with E-state index in [4.69, 9.17) is 14.6 Å². The molecule has 0 saturated heterocycles. The lowest BCUT2D eigenvalue weighted by Crippen LogP contribution is -2.39. The number of hydrogen-bond acceptors (Lipinski definition) is 5. The summed E-state index contributed by atoms with van der Waals surface area (Å²) >= 11 is 0. The van der Waals surface area contributed by atoms with Gasteiger partial charge in [0.1, 0.15) is 23.9 Å². The number of ether oxygens (including phenoxy) is 1. The maximum absolute atomic E-state index is 13.8. The van der Waals surface area contributed by atoms with Crippen molar-refractivity contribution in [2.75, 3.05) is 6.61 Å². The van der Waals surface area contributed by atoms with Crippen LogP contribution in [0.5, 0.6) is 5.75 Å². The Hall–Kier alpha value is -3.95. The van der Waals surface area contributed by atoms with Crippen LogP contribution in [0.25, 0.3) is 5.65 Å². The highest BCUT2D eigenvalue weighted by atomic mass is 19.4. The molecule has 1 unspecified atom stereocenters. The number of aromatic nitrogens is 2. The number of aliphatic hydroxyl groups is 1. The first-order valence-electron chi connectivity index (χ1n) is 10.9. The Bertz CT molecular complexity index is 1290. The Morgan fingerprint density at radius 1 is 1.08 bits per heavy atom. The summed E-state index contributed by atoms with van der Waals surface area (Å²) in [6, 6.07) is 5.35. The van der Waals surface area contributed by atoms with Gasteiger partial charge in [0.25, 0.3) is 5.91 Å². The number of rotatable bonds is 8. The summed E-state index contributed by atoms with van der Waals surface area (Å²) in [5, 5.41) is 18.8. The van der Waals surface area contributed by atoms with E-state index in [1.165, 1.54) is 35.7 Å². The highest BCUT2D eigenvalue weighted by molar-refractivity contribution is 5.95. The maximum Gasteiger partial charge on any atom is 0.490 e. The highest BCUT2D eigenvalue weighted by Crippen LogP contribution is 2.25. The number of aliphatic hydroxyl groups excluding tert-OH is 1. The van der Waals surface area contributed by atoms with E-state index in [9.17, 15) is 45.0 Å². The molecule has 0 saturated carbocycles. The van der Waals surface area contributed by atoms with Crippen LogP contribution in [0, 0.1) is 18.6 Å². The van der Waals surface area contributed by atoms with E-state index < -0.39 is 68.0 Å². The molecule has 8 nitrogen and oxygen atoms in total. The molecule has 39 heavy (non-hydrogen) atoms. The zero-order valence-corrected chi connectivity index (χ0v) is 19.9. The third-order valence-corrected chi connectivity index (χ3v) is 5.01. The van der Waals surface area contributed by atoms with E-state index in [-0.39, 0.29) is 28.3 Å². The lowest BCUT2D eigenvalue weighted by Gasteiger charge is -2.17. The first-order chi connectivity index (χ1) is 18.0. The number of imidazole rings is 1. The normalized spacial score (nSPS) is 12.5. The van der Waals surface area contributed by atoms with Crippen LogP contribution in [0.4, 0.5) is 35.1 Å². The molecular formula is C23H21F8N3O5. The van der Waals surface area contributed by atoms with E-state index >= 15 is 0 Å². The molecule has 0 aliphatic rings. The molecule has 0 bridgehead atoms. The molecule has 2 aromatic heterocycles. The molecule has 0 spiro atoms. The summed E-state index contributed by atoms with van der Waals surface area (Å²) in [4.78, 5) is 25.9. The number of hydrogen-bond donors (Lipinski definition) is 3. The van der Waals surface area contributed by atoms with Crippen LogP contribution in [0.3, 0.4) is 0 Å². The quantitative estimate of drug-likeness (QED) is 0.342. The van der Waals surface area contributed by atoms with Gasteiger partial charge in [0.2, 0.25) is 0 Å². The van der Waals surface area contributed by atoms with E-state index in [1.54, 1.807) is 0 Å². The zero-order valence-electron chi connectivity index (χ0n) is 19.9. The average Bonchev–Trinajstić information content (AvgIpc) is 3.17. The number of carbonyl (C=O) groups excluding carboxylic acids is 1. The second-order valence-corrected chi connectivity index (χ2v) is 7.91. The number of aryl methyl sites for hydroxylation is 1. The number of carboxylic acid groups (broad SMARTS) is 1. The van der Waals surface area contributed by atoms with Gasteiger partial charge in [-0.15, -0.1) is 0 Å². The number of alkyl halides is 6. The van der Waals surface area contributed by atoms with Crippen LogP contribution >= 0.6 is 0 Å². The number of nitrogens with zero attached hydrogens (tertiary/aromatic N) is 2. The zero-order chi connectivity index (χ0) is 29.5. The van der Waals surface area contributed by atoms with Gasteiger partial charge < -0.3 is 20.3 Å². The number of aliphatic carboxylic acids is 1.